The van der Waals surface area contributed by atoms with Gasteiger partial charge in [0.05, 0.1) is 7.11 Å². The van der Waals surface area contributed by atoms with Crippen LogP contribution in [0.15, 0.2) is 84.2 Å². The Kier molecular flexibility index (Phi) is 15.1. The SMILES string of the molecule is COc1nc2ccsc2nc1N.O=C(O)O.O=C(O)O.c1ccccc1.c1ccccc1. The van der Waals surface area contributed by atoms with Crippen LogP contribution in [0, 0.1) is 0 Å². The van der Waals surface area contributed by atoms with Gasteiger partial charge in [0.1, 0.15) is 10.3 Å². The van der Waals surface area contributed by atoms with Gasteiger partial charge >= 0.3 is 12.3 Å². The van der Waals surface area contributed by atoms with Crippen LogP contribution >= 0.6 is 11.3 Å². The summed E-state index contributed by atoms with van der Waals surface area (Å²) in [5, 5.41) is 29.8. The average molecular weight is 461 g/mol. The van der Waals surface area contributed by atoms with Crippen molar-refractivity contribution < 1.29 is 34.8 Å². The Balaban J connectivity index is 0.000000411. The molecule has 0 saturated carbocycles. The van der Waals surface area contributed by atoms with Crippen LogP contribution in [0.3, 0.4) is 0 Å². The van der Waals surface area contributed by atoms with E-state index in [4.69, 9.17) is 40.5 Å². The monoisotopic (exact) mass is 461 g/mol. The summed E-state index contributed by atoms with van der Waals surface area (Å²) in [5.41, 5.74) is 6.39. The van der Waals surface area contributed by atoms with Gasteiger partial charge in [0.15, 0.2) is 5.82 Å². The summed E-state index contributed by atoms with van der Waals surface area (Å²) < 4.78 is 4.93. The number of hydrogen-bond acceptors (Lipinski definition) is 7. The van der Waals surface area contributed by atoms with Gasteiger partial charge in [-0.25, -0.2) is 19.6 Å². The Hall–Kier alpha value is -4.38. The highest BCUT2D eigenvalue weighted by Crippen LogP contribution is 2.23. The first kappa shape index (κ1) is 27.6. The summed E-state index contributed by atoms with van der Waals surface area (Å²) in [5.74, 6) is 0.730. The molecule has 0 amide bonds. The van der Waals surface area contributed by atoms with Crippen molar-refractivity contribution in [1.82, 2.24) is 9.97 Å². The van der Waals surface area contributed by atoms with E-state index >= 15 is 0 Å². The Labute approximate surface area is 187 Å². The number of carbonyl (C=O) groups is 2. The van der Waals surface area contributed by atoms with Gasteiger partial charge in [0, 0.05) is 0 Å². The van der Waals surface area contributed by atoms with Crippen molar-refractivity contribution in [1.29, 1.82) is 0 Å². The first-order valence-corrected chi connectivity index (χ1v) is 9.54. The smallest absolute Gasteiger partial charge is 0.478 e. The maximum Gasteiger partial charge on any atom is 0.503 e. The minimum atomic E-state index is -1.83. The standard InChI is InChI=1S/C7H7N3OS.2C6H6.2CH2O3/c1-11-6-5(8)10-7-4(9-6)2-3-12-7;2*1-2-4-6-5-3-1;2*2-1(3)4/h2-3H,1H3,(H2,8,10);2*1-6H;2*(H2,2,3,4). The number of methoxy groups -OCH3 is 1. The van der Waals surface area contributed by atoms with Crippen molar-refractivity contribution in [3.8, 4) is 5.88 Å². The molecule has 2 aromatic carbocycles. The van der Waals surface area contributed by atoms with E-state index < -0.39 is 12.3 Å². The molecule has 0 spiro atoms. The molecule has 0 fully saturated rings. The first-order chi connectivity index (χ1) is 15.3. The summed E-state index contributed by atoms with van der Waals surface area (Å²) in [6.45, 7) is 0. The Morgan fingerprint density at radius 2 is 1.12 bits per heavy atom. The van der Waals surface area contributed by atoms with E-state index in [9.17, 15) is 0 Å². The summed E-state index contributed by atoms with van der Waals surface area (Å²) in [6, 6.07) is 25.9. The fourth-order valence-corrected chi connectivity index (χ4v) is 2.42. The fraction of sp³-hybridized carbons (Fsp3) is 0.0476. The van der Waals surface area contributed by atoms with Crippen LogP contribution in [0.1, 0.15) is 0 Å². The molecule has 0 radical (unpaired) electrons. The van der Waals surface area contributed by atoms with Crippen molar-refractivity contribution in [2.45, 2.75) is 0 Å². The molecule has 4 rings (SSSR count). The molecule has 0 bridgehead atoms. The molecule has 0 aliphatic carbocycles. The second-order valence-electron chi connectivity index (χ2n) is 5.10. The molecule has 170 valence electrons. The second kappa shape index (κ2) is 17.5. The van der Waals surface area contributed by atoms with E-state index in [1.165, 1.54) is 18.4 Å². The number of fused-ring (bicyclic) bond motifs is 1. The molecule has 0 saturated heterocycles. The zero-order valence-corrected chi connectivity index (χ0v) is 17.8. The number of thiophene rings is 1. The second-order valence-corrected chi connectivity index (χ2v) is 6.00. The van der Waals surface area contributed by atoms with Crippen LogP contribution in [0.25, 0.3) is 10.3 Å². The zero-order chi connectivity index (χ0) is 24.2. The molecule has 4 aromatic rings. The average Bonchev–Trinajstić information content (AvgIpc) is 3.23. The van der Waals surface area contributed by atoms with Crippen molar-refractivity contribution in [2.75, 3.05) is 12.8 Å². The Bertz CT molecular complexity index is 911. The van der Waals surface area contributed by atoms with Gasteiger partial charge in [-0.1, -0.05) is 72.8 Å². The van der Waals surface area contributed by atoms with Gasteiger partial charge in [-0.2, -0.15) is 0 Å². The molecular weight excluding hydrogens is 438 g/mol. The molecule has 32 heavy (non-hydrogen) atoms. The van der Waals surface area contributed by atoms with Gasteiger partial charge in [0.2, 0.25) is 0 Å². The number of rotatable bonds is 1. The third kappa shape index (κ3) is 15.5. The quantitative estimate of drug-likeness (QED) is 0.256. The third-order valence-corrected chi connectivity index (χ3v) is 3.61. The number of ether oxygens (including phenoxy) is 1. The molecule has 0 unspecified atom stereocenters. The lowest BCUT2D eigenvalue weighted by atomic mass is 10.4. The van der Waals surface area contributed by atoms with Crippen LogP contribution in [0.5, 0.6) is 5.88 Å². The highest BCUT2D eigenvalue weighted by Gasteiger charge is 2.05. The first-order valence-electron chi connectivity index (χ1n) is 8.66. The summed E-state index contributed by atoms with van der Waals surface area (Å²) in [6.07, 6.45) is -3.67. The van der Waals surface area contributed by atoms with E-state index in [2.05, 4.69) is 9.97 Å². The molecule has 6 N–H and O–H groups in total. The lowest BCUT2D eigenvalue weighted by Crippen LogP contribution is -1.97. The predicted molar refractivity (Wildman–Crippen MR) is 123 cm³/mol. The summed E-state index contributed by atoms with van der Waals surface area (Å²) in [4.78, 5) is 26.2. The highest BCUT2D eigenvalue weighted by atomic mass is 32.1. The molecule has 11 heteroatoms. The number of carboxylic acid groups (broad SMARTS) is 4. The maximum absolute atomic E-state index is 8.56. The summed E-state index contributed by atoms with van der Waals surface area (Å²) in [7, 11) is 1.53. The van der Waals surface area contributed by atoms with Gasteiger partial charge < -0.3 is 30.9 Å². The highest BCUT2D eigenvalue weighted by molar-refractivity contribution is 7.16. The summed E-state index contributed by atoms with van der Waals surface area (Å²) >= 11 is 1.51. The minimum Gasteiger partial charge on any atom is -0.478 e. The van der Waals surface area contributed by atoms with Crippen LogP contribution in [-0.4, -0.2) is 49.8 Å². The molecule has 0 aliphatic rings. The Morgan fingerprint density at radius 1 is 0.781 bits per heavy atom. The lowest BCUT2D eigenvalue weighted by molar-refractivity contribution is 0.135. The molecule has 2 heterocycles. The van der Waals surface area contributed by atoms with Crippen LogP contribution in [0.2, 0.25) is 0 Å². The molecular formula is C21H23N3O7S. The van der Waals surface area contributed by atoms with E-state index in [-0.39, 0.29) is 0 Å². The topological polar surface area (TPSA) is 176 Å². The van der Waals surface area contributed by atoms with E-state index in [1.54, 1.807) is 0 Å². The minimum absolute atomic E-state index is 0.340. The van der Waals surface area contributed by atoms with Crippen molar-refractivity contribution in [3.63, 3.8) is 0 Å². The number of nitrogen functional groups attached to an aromatic ring is 1. The van der Waals surface area contributed by atoms with Crippen molar-refractivity contribution >= 4 is 39.8 Å². The van der Waals surface area contributed by atoms with Crippen LogP contribution < -0.4 is 10.5 Å². The van der Waals surface area contributed by atoms with E-state index in [1.807, 2.05) is 84.2 Å². The van der Waals surface area contributed by atoms with Gasteiger partial charge in [0.25, 0.3) is 5.88 Å². The van der Waals surface area contributed by atoms with Crippen molar-refractivity contribution in [2.24, 2.45) is 0 Å². The maximum atomic E-state index is 8.56. The number of nitrogens with zero attached hydrogens (tertiary/aromatic N) is 2. The predicted octanol–water partition coefficient (Wildman–Crippen LogP) is 5.10. The number of aromatic nitrogens is 2. The number of hydrogen-bond donors (Lipinski definition) is 5. The lowest BCUT2D eigenvalue weighted by Gasteiger charge is -2.00. The van der Waals surface area contributed by atoms with Gasteiger partial charge in [-0.15, -0.1) is 11.3 Å². The van der Waals surface area contributed by atoms with Crippen LogP contribution in [-0.2, 0) is 0 Å². The number of nitrogens with two attached hydrogens (primary N) is 1. The normalized spacial score (nSPS) is 8.41. The Morgan fingerprint density at radius 3 is 1.44 bits per heavy atom. The van der Waals surface area contributed by atoms with Crippen molar-refractivity contribution in [3.05, 3.63) is 84.2 Å². The largest absolute Gasteiger partial charge is 0.503 e. The van der Waals surface area contributed by atoms with E-state index in [0.717, 1.165) is 10.3 Å². The third-order valence-electron chi connectivity index (χ3n) is 2.81. The van der Waals surface area contributed by atoms with E-state index in [0.29, 0.717) is 11.7 Å². The zero-order valence-electron chi connectivity index (χ0n) is 17.0. The number of benzene rings is 2. The van der Waals surface area contributed by atoms with Gasteiger partial charge in [-0.05, 0) is 11.4 Å². The van der Waals surface area contributed by atoms with Gasteiger partial charge in [-0.3, -0.25) is 0 Å². The number of anilines is 1. The fourth-order valence-electron chi connectivity index (χ4n) is 1.71. The molecule has 2 aromatic heterocycles. The van der Waals surface area contributed by atoms with Crippen LogP contribution in [0.4, 0.5) is 15.4 Å². The molecule has 0 atom stereocenters. The molecule has 0 aliphatic heterocycles. The molecule has 10 nitrogen and oxygen atoms in total.